The second kappa shape index (κ2) is 14.0. The number of nitrogens with zero attached hydrogens (tertiary/aromatic N) is 1. The Morgan fingerprint density at radius 1 is 0.405 bits per heavy atom. The molecule has 0 saturated heterocycles. The molecule has 5 rings (SSSR count). The monoisotopic (exact) mass is 791 g/mol. The quantitative estimate of drug-likeness (QED) is 0.193. The minimum atomic E-state index is -4.53. The molecule has 0 N–H and O–H groups in total. The maximum absolute atomic E-state index is 14.5. The van der Waals surface area contributed by atoms with E-state index in [1.54, 1.807) is 36.4 Å². The molecular formula is C32H25NO4S2Se3. The molecular weight excluding hydrogens is 763 g/mol. The van der Waals surface area contributed by atoms with E-state index in [9.17, 15) is 16.8 Å². The van der Waals surface area contributed by atoms with Crippen LogP contribution in [0, 0.1) is 0 Å². The molecule has 0 fully saturated rings. The summed E-state index contributed by atoms with van der Waals surface area (Å²) in [5.41, 5.74) is 0. The van der Waals surface area contributed by atoms with Gasteiger partial charge in [-0.15, -0.1) is 0 Å². The molecule has 10 heteroatoms. The van der Waals surface area contributed by atoms with Crippen molar-refractivity contribution in [2.45, 2.75) is 9.79 Å². The first-order valence-electron chi connectivity index (χ1n) is 12.7. The van der Waals surface area contributed by atoms with Crippen molar-refractivity contribution in [3.63, 3.8) is 0 Å². The molecule has 0 aliphatic heterocycles. The molecule has 0 amide bonds. The van der Waals surface area contributed by atoms with Gasteiger partial charge in [-0.05, 0) is 0 Å². The zero-order chi connectivity index (χ0) is 29.4. The molecule has 0 aliphatic rings. The van der Waals surface area contributed by atoms with Gasteiger partial charge in [0.15, 0.2) is 0 Å². The molecule has 5 nitrogen and oxygen atoms in total. The predicted octanol–water partition coefficient (Wildman–Crippen LogP) is 3.28. The van der Waals surface area contributed by atoms with Gasteiger partial charge in [0.1, 0.15) is 0 Å². The Morgan fingerprint density at radius 3 is 1.02 bits per heavy atom. The van der Waals surface area contributed by atoms with Gasteiger partial charge in [-0.1, -0.05) is 0 Å². The predicted molar refractivity (Wildman–Crippen MR) is 172 cm³/mol. The van der Waals surface area contributed by atoms with Crippen LogP contribution >= 0.6 is 0 Å². The van der Waals surface area contributed by atoms with Crippen molar-refractivity contribution in [1.82, 2.24) is 3.71 Å². The second-order valence-electron chi connectivity index (χ2n) is 8.67. The fourth-order valence-corrected chi connectivity index (χ4v) is 18.2. The van der Waals surface area contributed by atoms with Gasteiger partial charge < -0.3 is 0 Å². The molecule has 5 aromatic carbocycles. The van der Waals surface area contributed by atoms with Crippen LogP contribution < -0.4 is 13.4 Å². The van der Waals surface area contributed by atoms with Gasteiger partial charge in [0, 0.05) is 0 Å². The van der Waals surface area contributed by atoms with E-state index in [0.717, 1.165) is 20.5 Å². The molecule has 0 aliphatic carbocycles. The third-order valence-corrected chi connectivity index (χ3v) is 19.5. The van der Waals surface area contributed by atoms with E-state index in [4.69, 9.17) is 0 Å². The summed E-state index contributed by atoms with van der Waals surface area (Å²) in [5.74, 6) is 0. The first-order valence-corrected chi connectivity index (χ1v) is 20.7. The van der Waals surface area contributed by atoms with E-state index in [2.05, 4.69) is 0 Å². The molecule has 42 heavy (non-hydrogen) atoms. The van der Waals surface area contributed by atoms with Crippen molar-refractivity contribution in [3.8, 4) is 0 Å². The zero-order valence-electron chi connectivity index (χ0n) is 22.1. The van der Waals surface area contributed by atoms with Crippen LogP contribution in [0.1, 0.15) is 0 Å². The van der Waals surface area contributed by atoms with Gasteiger partial charge in [0.05, 0.1) is 0 Å². The zero-order valence-corrected chi connectivity index (χ0v) is 28.8. The standard InChI is InChI=1S/C32H25NO4S2Se3/c34-38(35,26-16-6-1-7-17-26)33(39(36,37)27-18-8-2-9-19-27)31(40-28-20-10-3-11-21-28)32(41-29-22-12-4-13-23-29)42-30-24-14-5-15-25-30/h1-25H. The summed E-state index contributed by atoms with van der Waals surface area (Å²) in [6, 6.07) is 44.9. The Labute approximate surface area is 266 Å². The Bertz CT molecular complexity index is 1740. The van der Waals surface area contributed by atoms with Crippen LogP contribution in [0.25, 0.3) is 0 Å². The van der Waals surface area contributed by atoms with E-state index in [-0.39, 0.29) is 39.7 Å². The maximum atomic E-state index is 14.5. The van der Waals surface area contributed by atoms with E-state index in [1.807, 2.05) is 91.0 Å². The number of hydrogen-bond acceptors (Lipinski definition) is 4. The first-order chi connectivity index (χ1) is 20.4. The molecule has 0 unspecified atom stereocenters. The fraction of sp³-hybridized carbons (Fsp3) is 0. The minimum absolute atomic E-state index is 0.0790. The van der Waals surface area contributed by atoms with Crippen molar-refractivity contribution < 1.29 is 16.8 Å². The molecule has 0 radical (unpaired) electrons. The van der Waals surface area contributed by atoms with Crippen LogP contribution in [0.5, 0.6) is 0 Å². The average molecular weight is 789 g/mol. The second-order valence-corrected chi connectivity index (χ2v) is 20.6. The van der Waals surface area contributed by atoms with Crippen molar-refractivity contribution in [2.24, 2.45) is 0 Å². The topological polar surface area (TPSA) is 71.5 Å². The SMILES string of the molecule is O=S(=O)(c1ccccc1)N(C([Se]c1ccccc1)=C([Se]c1ccccc1)[Se]c1ccccc1)S(=O)(=O)c1ccccc1. The van der Waals surface area contributed by atoms with Crippen LogP contribution in [0.2, 0.25) is 0 Å². The van der Waals surface area contributed by atoms with Crippen molar-refractivity contribution in [2.75, 3.05) is 0 Å². The van der Waals surface area contributed by atoms with Crippen molar-refractivity contribution in [3.05, 3.63) is 160 Å². The normalized spacial score (nSPS) is 11.5. The van der Waals surface area contributed by atoms with E-state index in [0.29, 0.717) is 4.60 Å². The molecule has 0 bridgehead atoms. The summed E-state index contributed by atoms with van der Waals surface area (Å²) in [6.45, 7) is 0. The van der Waals surface area contributed by atoms with Crippen LogP contribution in [0.4, 0.5) is 0 Å². The number of benzene rings is 5. The Balaban J connectivity index is 1.83. The van der Waals surface area contributed by atoms with Gasteiger partial charge in [-0.3, -0.25) is 0 Å². The van der Waals surface area contributed by atoms with Crippen LogP contribution in [-0.2, 0) is 20.0 Å². The molecule has 0 heterocycles. The fourth-order valence-electron chi connectivity index (χ4n) is 3.78. The Hall–Kier alpha value is -2.90. The van der Waals surface area contributed by atoms with Gasteiger partial charge in [-0.25, -0.2) is 0 Å². The van der Waals surface area contributed by atoms with Gasteiger partial charge >= 0.3 is 268 Å². The van der Waals surface area contributed by atoms with Gasteiger partial charge in [0.2, 0.25) is 0 Å². The number of hydrogen-bond donors (Lipinski definition) is 0. The van der Waals surface area contributed by atoms with E-state index >= 15 is 0 Å². The molecule has 0 aromatic heterocycles. The van der Waals surface area contributed by atoms with Gasteiger partial charge in [0.25, 0.3) is 0 Å². The third-order valence-electron chi connectivity index (χ3n) is 5.72. The molecule has 0 atom stereocenters. The summed E-state index contributed by atoms with van der Waals surface area (Å²) < 4.78 is 63.0. The summed E-state index contributed by atoms with van der Waals surface area (Å²) in [6.07, 6.45) is 0. The van der Waals surface area contributed by atoms with Crippen molar-refractivity contribution in [1.29, 1.82) is 0 Å². The molecule has 0 saturated carbocycles. The van der Waals surface area contributed by atoms with E-state index < -0.39 is 35.0 Å². The van der Waals surface area contributed by atoms with Crippen LogP contribution in [-0.4, -0.2) is 65.4 Å². The Morgan fingerprint density at radius 2 is 0.690 bits per heavy atom. The van der Waals surface area contributed by atoms with Crippen LogP contribution in [0.3, 0.4) is 0 Å². The number of sulfonamides is 2. The summed E-state index contributed by atoms with van der Waals surface area (Å²) in [4.78, 5) is -0.158. The number of rotatable bonds is 11. The van der Waals surface area contributed by atoms with Crippen LogP contribution in [0.15, 0.2) is 169 Å². The molecule has 5 aromatic rings. The summed E-state index contributed by atoms with van der Waals surface area (Å²) >= 11 is -1.35. The average Bonchev–Trinajstić information content (AvgIpc) is 3.02. The first kappa shape index (κ1) is 30.6. The Kier molecular flexibility index (Phi) is 10.2. The van der Waals surface area contributed by atoms with Crippen molar-refractivity contribution >= 4 is 78.3 Å². The third kappa shape index (κ3) is 7.35. The summed E-state index contributed by atoms with van der Waals surface area (Å²) in [7, 11) is -9.07. The summed E-state index contributed by atoms with van der Waals surface area (Å²) in [5, 5.41) is 0. The van der Waals surface area contributed by atoms with Gasteiger partial charge in [-0.2, -0.15) is 0 Å². The molecule has 0 spiro atoms. The van der Waals surface area contributed by atoms with E-state index in [1.165, 1.54) is 24.3 Å². The molecule has 212 valence electrons.